The lowest BCUT2D eigenvalue weighted by molar-refractivity contribution is -0.137. The Bertz CT molecular complexity index is 280. The van der Waals surface area contributed by atoms with Gasteiger partial charge >= 0.3 is 5.97 Å². The van der Waals surface area contributed by atoms with Crippen LogP contribution in [0.5, 0.6) is 0 Å². The van der Waals surface area contributed by atoms with E-state index in [0.29, 0.717) is 12.8 Å². The van der Waals surface area contributed by atoms with Crippen LogP contribution >= 0.6 is 0 Å². The average Bonchev–Trinajstić information content (AvgIpc) is 2.72. The molecule has 0 radical (unpaired) electrons. The molecule has 1 rings (SSSR count). The van der Waals surface area contributed by atoms with Crippen LogP contribution < -0.4 is 0 Å². The highest BCUT2D eigenvalue weighted by molar-refractivity contribution is 5.81. The van der Waals surface area contributed by atoms with Crippen LogP contribution in [-0.2, 0) is 9.59 Å². The monoisotopic (exact) mass is 243 g/mol. The number of hydrogen-bond donors (Lipinski definition) is 2. The highest BCUT2D eigenvalue weighted by atomic mass is 16.4. The highest BCUT2D eigenvalue weighted by Gasteiger charge is 2.33. The van der Waals surface area contributed by atoms with E-state index in [1.807, 2.05) is 0 Å². The normalized spacial score (nSPS) is 22.6. The first kappa shape index (κ1) is 14.1. The van der Waals surface area contributed by atoms with Gasteiger partial charge in [0, 0.05) is 19.1 Å². The second-order valence-corrected chi connectivity index (χ2v) is 4.61. The van der Waals surface area contributed by atoms with Crippen molar-refractivity contribution in [1.82, 2.24) is 4.90 Å². The summed E-state index contributed by atoms with van der Waals surface area (Å²) < 4.78 is 0. The molecule has 1 unspecified atom stereocenters. The number of ketones is 1. The predicted octanol–water partition coefficient (Wildman–Crippen LogP) is 0.656. The Hall–Kier alpha value is -0.940. The topological polar surface area (TPSA) is 77.8 Å². The largest absolute Gasteiger partial charge is 0.481 e. The summed E-state index contributed by atoms with van der Waals surface area (Å²) in [7, 11) is 0. The summed E-state index contributed by atoms with van der Waals surface area (Å²) in [5.74, 6) is -0.688. The second kappa shape index (κ2) is 6.71. The summed E-state index contributed by atoms with van der Waals surface area (Å²) in [4.78, 5) is 24.1. The van der Waals surface area contributed by atoms with Gasteiger partial charge in [0.05, 0.1) is 6.04 Å². The molecule has 17 heavy (non-hydrogen) atoms. The number of carboxylic acids is 1. The fourth-order valence-electron chi connectivity index (χ4n) is 2.58. The van der Waals surface area contributed by atoms with Crippen molar-refractivity contribution < 1.29 is 19.8 Å². The van der Waals surface area contributed by atoms with Crippen molar-refractivity contribution >= 4 is 11.8 Å². The maximum absolute atomic E-state index is 11.5. The first-order valence-electron chi connectivity index (χ1n) is 6.15. The van der Waals surface area contributed by atoms with E-state index in [0.717, 1.165) is 19.4 Å². The Morgan fingerprint density at radius 1 is 1.41 bits per heavy atom. The Labute approximate surface area is 101 Å². The molecule has 5 nitrogen and oxygen atoms in total. The zero-order valence-electron chi connectivity index (χ0n) is 10.3. The third-order valence-electron chi connectivity index (χ3n) is 3.39. The fourth-order valence-corrected chi connectivity index (χ4v) is 2.58. The fraction of sp³-hybridized carbons (Fsp3) is 0.833. The summed E-state index contributed by atoms with van der Waals surface area (Å²) in [6.07, 6.45) is 2.95. The molecular formula is C12H21NO4. The first-order chi connectivity index (χ1) is 8.06. The lowest BCUT2D eigenvalue weighted by Gasteiger charge is -2.31. The Kier molecular flexibility index (Phi) is 5.58. The van der Waals surface area contributed by atoms with Gasteiger partial charge < -0.3 is 10.2 Å². The van der Waals surface area contributed by atoms with E-state index in [1.54, 1.807) is 6.92 Å². The van der Waals surface area contributed by atoms with Crippen molar-refractivity contribution in [2.45, 2.75) is 51.1 Å². The summed E-state index contributed by atoms with van der Waals surface area (Å²) in [6, 6.07) is -0.0761. The van der Waals surface area contributed by atoms with Crippen molar-refractivity contribution in [3.05, 3.63) is 0 Å². The number of likely N-dealkylation sites (tertiary alicyclic amines) is 1. The van der Waals surface area contributed by atoms with Gasteiger partial charge in [0.25, 0.3) is 0 Å². The van der Waals surface area contributed by atoms with Crippen LogP contribution in [0.3, 0.4) is 0 Å². The Morgan fingerprint density at radius 2 is 2.12 bits per heavy atom. The number of Topliss-reactive ketones (excluding diaryl/α,β-unsaturated/α-hetero) is 1. The smallest absolute Gasteiger partial charge is 0.303 e. The van der Waals surface area contributed by atoms with Gasteiger partial charge in [0.1, 0.15) is 5.78 Å². The van der Waals surface area contributed by atoms with Gasteiger partial charge in [0.15, 0.2) is 0 Å². The van der Waals surface area contributed by atoms with Crippen molar-refractivity contribution in [3.8, 4) is 0 Å². The third-order valence-corrected chi connectivity index (χ3v) is 3.39. The summed E-state index contributed by atoms with van der Waals surface area (Å²) in [5.41, 5.74) is 0. The molecule has 5 heteroatoms. The summed E-state index contributed by atoms with van der Waals surface area (Å²) in [5, 5.41) is 17.7. The highest BCUT2D eigenvalue weighted by Crippen LogP contribution is 2.24. The molecule has 2 N–H and O–H groups in total. The van der Waals surface area contributed by atoms with Crippen LogP contribution in [0.15, 0.2) is 0 Å². The molecule has 98 valence electrons. The van der Waals surface area contributed by atoms with Crippen LogP contribution in [0.1, 0.15) is 39.0 Å². The van der Waals surface area contributed by atoms with Crippen LogP contribution in [0.25, 0.3) is 0 Å². The van der Waals surface area contributed by atoms with Gasteiger partial charge in [-0.1, -0.05) is 0 Å². The molecule has 0 aromatic rings. The van der Waals surface area contributed by atoms with Gasteiger partial charge in [0.2, 0.25) is 0 Å². The number of nitrogens with zero attached hydrogens (tertiary/aromatic N) is 1. The number of carboxylic acid groups (broad SMARTS) is 1. The Morgan fingerprint density at radius 3 is 2.65 bits per heavy atom. The van der Waals surface area contributed by atoms with Crippen molar-refractivity contribution in [2.24, 2.45) is 0 Å². The molecule has 0 spiro atoms. The molecule has 1 aliphatic rings. The molecule has 0 aromatic carbocycles. The maximum atomic E-state index is 11.5. The van der Waals surface area contributed by atoms with Crippen molar-refractivity contribution in [2.75, 3.05) is 13.2 Å². The molecule has 0 aromatic heterocycles. The molecule has 0 bridgehead atoms. The lowest BCUT2D eigenvalue weighted by Crippen LogP contribution is -2.43. The first-order valence-corrected chi connectivity index (χ1v) is 6.15. The van der Waals surface area contributed by atoms with Crippen LogP contribution in [0.4, 0.5) is 0 Å². The summed E-state index contributed by atoms with van der Waals surface area (Å²) in [6.45, 7) is 2.44. The zero-order chi connectivity index (χ0) is 12.8. The number of aliphatic hydroxyl groups is 1. The molecule has 0 amide bonds. The number of aliphatic carboxylic acids is 1. The van der Waals surface area contributed by atoms with Gasteiger partial charge in [-0.05, 0) is 39.2 Å². The SMILES string of the molecule is CC(=O)[C@H]1CCCN1C(CCO)CCC(=O)O. The molecule has 1 heterocycles. The van der Waals surface area contributed by atoms with Crippen LogP contribution in [-0.4, -0.2) is 52.1 Å². The van der Waals surface area contributed by atoms with Crippen LogP contribution in [0, 0.1) is 0 Å². The van der Waals surface area contributed by atoms with E-state index in [9.17, 15) is 9.59 Å². The minimum absolute atomic E-state index is 0.00694. The maximum Gasteiger partial charge on any atom is 0.303 e. The van der Waals surface area contributed by atoms with E-state index < -0.39 is 5.97 Å². The standard InChI is InChI=1S/C12H21NO4/c1-9(15)11-3-2-7-13(11)10(6-8-14)4-5-12(16)17/h10-11,14H,2-8H2,1H3,(H,16,17)/t10?,11-/m1/s1. The lowest BCUT2D eigenvalue weighted by atomic mass is 10.0. The van der Waals surface area contributed by atoms with E-state index in [1.165, 1.54) is 0 Å². The summed E-state index contributed by atoms with van der Waals surface area (Å²) >= 11 is 0. The van der Waals surface area contributed by atoms with Crippen LogP contribution in [0.2, 0.25) is 0 Å². The number of rotatable bonds is 7. The van der Waals surface area contributed by atoms with E-state index in [-0.39, 0.29) is 30.9 Å². The number of carbonyl (C=O) groups excluding carboxylic acids is 1. The van der Waals surface area contributed by atoms with E-state index in [2.05, 4.69) is 4.90 Å². The molecular weight excluding hydrogens is 222 g/mol. The average molecular weight is 243 g/mol. The zero-order valence-corrected chi connectivity index (χ0v) is 10.3. The number of carbonyl (C=O) groups is 2. The Balaban J connectivity index is 2.61. The van der Waals surface area contributed by atoms with Gasteiger partial charge in [-0.25, -0.2) is 0 Å². The number of hydrogen-bond acceptors (Lipinski definition) is 4. The predicted molar refractivity (Wildman–Crippen MR) is 62.8 cm³/mol. The van der Waals surface area contributed by atoms with Gasteiger partial charge in [-0.3, -0.25) is 14.5 Å². The van der Waals surface area contributed by atoms with Gasteiger partial charge in [-0.15, -0.1) is 0 Å². The minimum atomic E-state index is -0.827. The van der Waals surface area contributed by atoms with Gasteiger partial charge in [-0.2, -0.15) is 0 Å². The van der Waals surface area contributed by atoms with Crippen molar-refractivity contribution in [1.29, 1.82) is 0 Å². The third kappa shape index (κ3) is 4.09. The minimum Gasteiger partial charge on any atom is -0.481 e. The van der Waals surface area contributed by atoms with E-state index in [4.69, 9.17) is 10.2 Å². The number of aliphatic hydroxyl groups excluding tert-OH is 1. The van der Waals surface area contributed by atoms with E-state index >= 15 is 0 Å². The molecule has 0 aliphatic carbocycles. The molecule has 1 fully saturated rings. The quantitative estimate of drug-likeness (QED) is 0.686. The molecule has 0 saturated carbocycles. The second-order valence-electron chi connectivity index (χ2n) is 4.61. The molecule has 1 aliphatic heterocycles. The molecule has 1 saturated heterocycles. The molecule has 2 atom stereocenters. The van der Waals surface area contributed by atoms with Crippen molar-refractivity contribution in [3.63, 3.8) is 0 Å².